The van der Waals surface area contributed by atoms with E-state index in [1.807, 2.05) is 0 Å². The van der Waals surface area contributed by atoms with E-state index in [1.165, 1.54) is 0 Å². The van der Waals surface area contributed by atoms with Gasteiger partial charge in [-0.2, -0.15) is 9.68 Å². The monoisotopic (exact) mass is 374 g/mol. The molecule has 0 saturated heterocycles. The second-order valence-electron chi connectivity index (χ2n) is 7.05. The highest BCUT2D eigenvalue weighted by atomic mass is 17.3. The van der Waals surface area contributed by atoms with Crippen molar-refractivity contribution in [3.63, 3.8) is 0 Å². The molecule has 0 aliphatic carbocycles. The molecule has 0 aromatic carbocycles. The van der Waals surface area contributed by atoms with Crippen molar-refractivity contribution < 1.29 is 29.2 Å². The van der Waals surface area contributed by atoms with Crippen molar-refractivity contribution in [2.45, 2.75) is 116 Å². The van der Waals surface area contributed by atoms with E-state index in [0.717, 1.165) is 89.9 Å². The lowest BCUT2D eigenvalue weighted by Gasteiger charge is -2.33. The highest BCUT2D eigenvalue weighted by Crippen LogP contribution is 2.33. The molecule has 0 atom stereocenters. The lowest BCUT2D eigenvalue weighted by molar-refractivity contribution is -0.225. The third kappa shape index (κ3) is 12.8. The zero-order chi connectivity index (χ0) is 19.7. The molecule has 0 heterocycles. The third-order valence-electron chi connectivity index (χ3n) is 4.69. The van der Waals surface area contributed by atoms with Crippen LogP contribution in [0.25, 0.3) is 0 Å². The number of ether oxygens (including phenoxy) is 1. The predicted molar refractivity (Wildman–Crippen MR) is 101 cm³/mol. The van der Waals surface area contributed by atoms with Crippen molar-refractivity contribution in [1.29, 1.82) is 0 Å². The van der Waals surface area contributed by atoms with Crippen molar-refractivity contribution in [3.8, 4) is 0 Å². The first-order chi connectivity index (χ1) is 12.5. The lowest BCUT2D eigenvalue weighted by Crippen LogP contribution is -2.36. The average molecular weight is 375 g/mol. The van der Waals surface area contributed by atoms with Crippen LogP contribution in [0.2, 0.25) is 0 Å². The van der Waals surface area contributed by atoms with Crippen LogP contribution in [-0.2, 0) is 14.5 Å². The first-order valence-electron chi connectivity index (χ1n) is 10.3. The number of rotatable bonds is 15. The van der Waals surface area contributed by atoms with Gasteiger partial charge in [0.05, 0.1) is 0 Å². The number of hydrogen-bond donors (Lipinski definition) is 1. The Kier molecular flexibility index (Phi) is 14.9. The van der Waals surface area contributed by atoms with Crippen LogP contribution in [0.3, 0.4) is 0 Å². The molecule has 0 bridgehead atoms. The van der Waals surface area contributed by atoms with Gasteiger partial charge < -0.3 is 9.84 Å². The second-order valence-corrected chi connectivity index (χ2v) is 7.05. The molecule has 0 spiro atoms. The van der Waals surface area contributed by atoms with Crippen molar-refractivity contribution in [2.75, 3.05) is 0 Å². The summed E-state index contributed by atoms with van der Waals surface area (Å²) in [5, 5.41) is 8.48. The van der Waals surface area contributed by atoms with Crippen molar-refractivity contribution >= 4 is 12.3 Å². The zero-order valence-corrected chi connectivity index (χ0v) is 16.9. The third-order valence-corrected chi connectivity index (χ3v) is 4.69. The van der Waals surface area contributed by atoms with Gasteiger partial charge in [-0.25, -0.2) is 9.68 Å². The summed E-state index contributed by atoms with van der Waals surface area (Å²) in [5.74, 6) is 0. The number of carboxylic acid groups (broad SMARTS) is 1. The normalized spacial score (nSPS) is 11.2. The van der Waals surface area contributed by atoms with E-state index in [0.29, 0.717) is 0 Å². The summed E-state index contributed by atoms with van der Waals surface area (Å²) in [7, 11) is 0. The van der Waals surface area contributed by atoms with Crippen molar-refractivity contribution in [2.24, 2.45) is 0 Å². The Bertz CT molecular complexity index is 357. The van der Waals surface area contributed by atoms with E-state index in [4.69, 9.17) is 9.84 Å². The van der Waals surface area contributed by atoms with Crippen LogP contribution in [-0.4, -0.2) is 23.0 Å². The van der Waals surface area contributed by atoms with E-state index in [9.17, 15) is 9.59 Å². The van der Waals surface area contributed by atoms with Crippen LogP contribution < -0.4 is 0 Å². The van der Waals surface area contributed by atoms with Crippen molar-refractivity contribution in [3.05, 3.63) is 0 Å². The maximum Gasteiger partial charge on any atom is 0.550 e. The van der Waals surface area contributed by atoms with E-state index in [-0.39, 0.29) is 0 Å². The maximum absolute atomic E-state index is 11.9. The summed E-state index contributed by atoms with van der Waals surface area (Å²) in [4.78, 5) is 30.5. The minimum atomic E-state index is -1.66. The van der Waals surface area contributed by atoms with Crippen LogP contribution in [0.1, 0.15) is 111 Å². The molecule has 0 aromatic heterocycles. The quantitative estimate of drug-likeness (QED) is 0.144. The minimum absolute atomic E-state index is 0.588. The molecule has 0 aliphatic heterocycles. The van der Waals surface area contributed by atoms with E-state index in [2.05, 4.69) is 30.5 Å². The number of carbonyl (C=O) groups excluding carboxylic acids is 1. The highest BCUT2D eigenvalue weighted by Gasteiger charge is 2.34. The highest BCUT2D eigenvalue weighted by molar-refractivity contribution is 5.62. The summed E-state index contributed by atoms with van der Waals surface area (Å²) >= 11 is 0. The molecule has 0 aromatic rings. The first kappa shape index (κ1) is 24.5. The smallest absolute Gasteiger partial charge is 0.447 e. The van der Waals surface area contributed by atoms with E-state index >= 15 is 0 Å². The summed E-state index contributed by atoms with van der Waals surface area (Å²) < 4.78 is 5.65. The summed E-state index contributed by atoms with van der Waals surface area (Å²) in [6.07, 6.45) is 11.6. The fourth-order valence-corrected chi connectivity index (χ4v) is 3.24. The van der Waals surface area contributed by atoms with Gasteiger partial charge in [-0.15, -0.1) is 0 Å². The molecule has 0 fully saturated rings. The van der Waals surface area contributed by atoms with Gasteiger partial charge in [0.25, 0.3) is 0 Å². The summed E-state index contributed by atoms with van der Waals surface area (Å²) in [6.45, 7) is 6.46. The molecule has 6 nitrogen and oxygen atoms in total. The lowest BCUT2D eigenvalue weighted by atomic mass is 9.85. The molecule has 0 amide bonds. The average Bonchev–Trinajstić information content (AvgIpc) is 2.61. The van der Waals surface area contributed by atoms with Gasteiger partial charge >= 0.3 is 12.3 Å². The fraction of sp³-hybridized carbons (Fsp3) is 0.900. The molecule has 154 valence electrons. The molecule has 6 heteroatoms. The Morgan fingerprint density at radius 3 is 1.54 bits per heavy atom. The van der Waals surface area contributed by atoms with Gasteiger partial charge in [-0.3, -0.25) is 0 Å². The van der Waals surface area contributed by atoms with Crippen LogP contribution in [0.5, 0.6) is 0 Å². The minimum Gasteiger partial charge on any atom is -0.447 e. The van der Waals surface area contributed by atoms with Gasteiger partial charge in [-0.1, -0.05) is 72.1 Å². The summed E-state index contributed by atoms with van der Waals surface area (Å²) in [6, 6.07) is 0. The van der Waals surface area contributed by atoms with Gasteiger partial charge in [0.15, 0.2) is 0 Å². The maximum atomic E-state index is 11.9. The molecule has 1 N–H and O–H groups in total. The Morgan fingerprint density at radius 1 is 0.692 bits per heavy atom. The Labute approximate surface area is 158 Å². The SMILES string of the molecule is CCCCCCC(CCCCC)(CCCCCC)OC(=O)OOC(=O)O. The molecule has 0 aliphatic rings. The Morgan fingerprint density at radius 2 is 1.12 bits per heavy atom. The van der Waals surface area contributed by atoms with Crippen LogP contribution in [0, 0.1) is 0 Å². The first-order valence-corrected chi connectivity index (χ1v) is 10.3. The van der Waals surface area contributed by atoms with Crippen LogP contribution >= 0.6 is 0 Å². The molecule has 0 radical (unpaired) electrons. The van der Waals surface area contributed by atoms with Crippen LogP contribution in [0.15, 0.2) is 0 Å². The van der Waals surface area contributed by atoms with Gasteiger partial charge in [0.1, 0.15) is 5.60 Å². The van der Waals surface area contributed by atoms with E-state index < -0.39 is 17.9 Å². The molecule has 0 unspecified atom stereocenters. The van der Waals surface area contributed by atoms with Gasteiger partial charge in [-0.05, 0) is 38.5 Å². The Balaban J connectivity index is 4.92. The van der Waals surface area contributed by atoms with Gasteiger partial charge in [0, 0.05) is 0 Å². The number of unbranched alkanes of at least 4 members (excludes halogenated alkanes) is 8. The van der Waals surface area contributed by atoms with E-state index in [1.54, 1.807) is 0 Å². The number of carbonyl (C=O) groups is 2. The second kappa shape index (κ2) is 15.8. The molecule has 26 heavy (non-hydrogen) atoms. The molecular weight excluding hydrogens is 336 g/mol. The number of hydrogen-bond acceptors (Lipinski definition) is 5. The summed E-state index contributed by atoms with van der Waals surface area (Å²) in [5.41, 5.74) is -0.588. The zero-order valence-electron chi connectivity index (χ0n) is 16.9. The van der Waals surface area contributed by atoms with Gasteiger partial charge in [0.2, 0.25) is 0 Å². The molecule has 0 rings (SSSR count). The topological polar surface area (TPSA) is 82.1 Å². The molecular formula is C20H38O6. The molecule has 0 saturated carbocycles. The predicted octanol–water partition coefficient (Wildman–Crippen LogP) is 7.01. The standard InChI is InChI=1S/C20H38O6/c1-4-7-10-13-16-20(15-12-9-6-3,17-14-11-8-5-2)24-19(23)26-25-18(21)22/h4-17H2,1-3H3,(H,21,22). The van der Waals surface area contributed by atoms with Crippen molar-refractivity contribution in [1.82, 2.24) is 0 Å². The largest absolute Gasteiger partial charge is 0.550 e. The van der Waals surface area contributed by atoms with Crippen LogP contribution in [0.4, 0.5) is 9.59 Å². The fourth-order valence-electron chi connectivity index (χ4n) is 3.24. The Hall–Kier alpha value is -1.46.